The molecule has 0 spiro atoms. The predicted molar refractivity (Wildman–Crippen MR) is 124 cm³/mol. The second kappa shape index (κ2) is 11.7. The first-order chi connectivity index (χ1) is 14.7. The van der Waals surface area contributed by atoms with Gasteiger partial charge in [0.05, 0.1) is 24.0 Å². The van der Waals surface area contributed by atoms with Crippen LogP contribution < -0.4 is 24.8 Å². The summed E-state index contributed by atoms with van der Waals surface area (Å²) >= 11 is 0. The van der Waals surface area contributed by atoms with Crippen LogP contribution in [0.15, 0.2) is 106 Å². The molecule has 164 valence electrons. The Morgan fingerprint density at radius 2 is 0.939 bits per heavy atom. The molecular weight excluding hydrogens is 618 g/mol. The third kappa shape index (κ3) is 5.27. The van der Waals surface area contributed by atoms with Crippen LogP contribution in [0.3, 0.4) is 0 Å². The van der Waals surface area contributed by atoms with Crippen LogP contribution in [0.1, 0.15) is 11.1 Å². The van der Waals surface area contributed by atoms with Gasteiger partial charge in [0.25, 0.3) is 0 Å². The number of benzene rings is 2. The van der Waals surface area contributed by atoms with Gasteiger partial charge < -0.3 is 33.6 Å². The molecule has 0 fully saturated rings. The monoisotopic (exact) mass is 640 g/mol. The predicted octanol–water partition coefficient (Wildman–Crippen LogP) is 2.26. The van der Waals surface area contributed by atoms with Crippen molar-refractivity contribution >= 4 is 21.5 Å². The summed E-state index contributed by atoms with van der Waals surface area (Å²) in [5.41, 5.74) is 4.98. The maximum Gasteiger partial charge on any atom is 4.00 e. The molecule has 0 radical (unpaired) electrons. The van der Waals surface area contributed by atoms with E-state index in [0.29, 0.717) is 0 Å². The molecule has 0 aliphatic carbocycles. The quantitative estimate of drug-likeness (QED) is 0.215. The third-order valence-electron chi connectivity index (χ3n) is 5.71. The van der Waals surface area contributed by atoms with Crippen molar-refractivity contribution in [3.8, 4) is 22.6 Å². The van der Waals surface area contributed by atoms with Gasteiger partial charge in [0.15, 0.2) is 0 Å². The molecule has 0 atom stereocenters. The maximum absolute atomic E-state index is 5.43. The molecule has 0 aliphatic rings. The van der Waals surface area contributed by atoms with Crippen LogP contribution in [0.4, 0.5) is 0 Å². The SMILES string of the molecule is C[c-]1c(-c2ccco2)cc2ccccc21.C[c-]1c(-c2ccco2)cc2ccccc21.[Cl-].[Cl-].[Hf+4]. The van der Waals surface area contributed by atoms with E-state index in [1.54, 1.807) is 12.5 Å². The van der Waals surface area contributed by atoms with E-state index in [4.69, 9.17) is 8.83 Å². The standard InChI is InChI=1S/2C14H11O.2ClH.Hf/c2*1-10-12-6-3-2-5-11(12)9-13(10)14-7-4-8-15-14;;;/h2*2-9H,1H3;2*1H;/q2*-1;;;+4/p-2. The first-order valence-corrected chi connectivity index (χ1v) is 10.1. The van der Waals surface area contributed by atoms with Crippen molar-refractivity contribution in [2.75, 3.05) is 0 Å². The van der Waals surface area contributed by atoms with Gasteiger partial charge in [-0.2, -0.15) is 0 Å². The second-order valence-electron chi connectivity index (χ2n) is 7.50. The molecule has 0 amide bonds. The minimum atomic E-state index is 0. The van der Waals surface area contributed by atoms with E-state index in [9.17, 15) is 0 Å². The molecule has 6 rings (SSSR count). The van der Waals surface area contributed by atoms with Gasteiger partial charge in [-0.25, -0.2) is 0 Å². The van der Waals surface area contributed by atoms with Crippen molar-refractivity contribution < 1.29 is 59.5 Å². The number of furan rings is 2. The Labute approximate surface area is 224 Å². The zero-order chi connectivity index (χ0) is 20.5. The molecule has 0 aliphatic heterocycles. The number of hydrogen-bond acceptors (Lipinski definition) is 2. The molecule has 0 N–H and O–H groups in total. The summed E-state index contributed by atoms with van der Waals surface area (Å²) in [5, 5.41) is 5.18. The van der Waals surface area contributed by atoms with Gasteiger partial charge >= 0.3 is 25.8 Å². The average Bonchev–Trinajstić information content (AvgIpc) is 3.56. The molecule has 33 heavy (non-hydrogen) atoms. The van der Waals surface area contributed by atoms with Gasteiger partial charge in [-0.15, -0.1) is 56.9 Å². The van der Waals surface area contributed by atoms with Crippen molar-refractivity contribution in [2.24, 2.45) is 0 Å². The van der Waals surface area contributed by atoms with Crippen LogP contribution in [0.2, 0.25) is 0 Å². The summed E-state index contributed by atoms with van der Waals surface area (Å²) in [4.78, 5) is 0. The van der Waals surface area contributed by atoms with Crippen LogP contribution in [0, 0.1) is 13.8 Å². The molecule has 0 unspecified atom stereocenters. The summed E-state index contributed by atoms with van der Waals surface area (Å²) < 4.78 is 10.9. The summed E-state index contributed by atoms with van der Waals surface area (Å²) in [7, 11) is 0. The molecule has 0 saturated carbocycles. The van der Waals surface area contributed by atoms with Crippen LogP contribution in [-0.2, 0) is 25.8 Å². The third-order valence-corrected chi connectivity index (χ3v) is 5.71. The van der Waals surface area contributed by atoms with Gasteiger partial charge in [-0.3, -0.25) is 0 Å². The number of aryl methyl sites for hydroxylation is 2. The molecule has 5 heteroatoms. The molecule has 2 aromatic heterocycles. The number of hydrogen-bond donors (Lipinski definition) is 0. The van der Waals surface area contributed by atoms with Crippen LogP contribution in [0.5, 0.6) is 0 Å². The van der Waals surface area contributed by atoms with Gasteiger partial charge in [0.1, 0.15) is 0 Å². The Morgan fingerprint density at radius 3 is 1.27 bits per heavy atom. The van der Waals surface area contributed by atoms with Gasteiger partial charge in [0, 0.05) is 0 Å². The van der Waals surface area contributed by atoms with E-state index in [1.165, 1.54) is 43.8 Å². The normalized spacial score (nSPS) is 10.0. The first kappa shape index (κ1) is 26.9. The Hall–Kier alpha value is -2.33. The van der Waals surface area contributed by atoms with Crippen LogP contribution >= 0.6 is 0 Å². The second-order valence-corrected chi connectivity index (χ2v) is 7.50. The molecule has 6 aromatic rings. The number of fused-ring (bicyclic) bond motifs is 2. The molecule has 2 heterocycles. The summed E-state index contributed by atoms with van der Waals surface area (Å²) in [5.74, 6) is 1.90. The van der Waals surface area contributed by atoms with Crippen molar-refractivity contribution in [2.45, 2.75) is 13.8 Å². The van der Waals surface area contributed by atoms with Crippen molar-refractivity contribution in [3.63, 3.8) is 0 Å². The van der Waals surface area contributed by atoms with Crippen LogP contribution in [0.25, 0.3) is 44.2 Å². The Kier molecular flexibility index (Phi) is 9.54. The molecule has 0 saturated heterocycles. The van der Waals surface area contributed by atoms with E-state index >= 15 is 0 Å². The first-order valence-electron chi connectivity index (χ1n) is 10.1. The summed E-state index contributed by atoms with van der Waals surface area (Å²) in [6.07, 6.45) is 3.43. The minimum absolute atomic E-state index is 0. The Morgan fingerprint density at radius 1 is 0.545 bits per heavy atom. The van der Waals surface area contributed by atoms with E-state index in [2.05, 4.69) is 74.5 Å². The maximum atomic E-state index is 5.43. The molecule has 2 nitrogen and oxygen atoms in total. The molecular formula is C28H22Cl2HfO2. The summed E-state index contributed by atoms with van der Waals surface area (Å²) in [6.45, 7) is 4.28. The Balaban J connectivity index is 0.000000214. The molecule has 4 aromatic carbocycles. The van der Waals surface area contributed by atoms with Crippen molar-refractivity contribution in [1.82, 2.24) is 0 Å². The van der Waals surface area contributed by atoms with Gasteiger partial charge in [0.2, 0.25) is 0 Å². The zero-order valence-corrected chi connectivity index (χ0v) is 23.4. The topological polar surface area (TPSA) is 26.3 Å². The molecule has 0 bridgehead atoms. The zero-order valence-electron chi connectivity index (χ0n) is 18.3. The van der Waals surface area contributed by atoms with Gasteiger partial charge in [-0.05, 0) is 12.1 Å². The smallest absolute Gasteiger partial charge is 1.00 e. The minimum Gasteiger partial charge on any atom is -1.00 e. The van der Waals surface area contributed by atoms with E-state index in [1.807, 2.05) is 24.3 Å². The van der Waals surface area contributed by atoms with Gasteiger partial charge in [-0.1, -0.05) is 73.5 Å². The Bertz CT molecular complexity index is 1300. The largest absolute Gasteiger partial charge is 4.00 e. The van der Waals surface area contributed by atoms with Crippen LogP contribution in [-0.4, -0.2) is 0 Å². The van der Waals surface area contributed by atoms with E-state index in [0.717, 1.165) is 11.5 Å². The van der Waals surface area contributed by atoms with Crippen molar-refractivity contribution in [1.29, 1.82) is 0 Å². The number of halogens is 2. The fourth-order valence-corrected chi connectivity index (χ4v) is 4.12. The van der Waals surface area contributed by atoms with Crippen molar-refractivity contribution in [3.05, 3.63) is 109 Å². The van der Waals surface area contributed by atoms with E-state index < -0.39 is 0 Å². The summed E-state index contributed by atoms with van der Waals surface area (Å²) in [6, 6.07) is 29.1. The average molecular weight is 640 g/mol. The van der Waals surface area contributed by atoms with E-state index in [-0.39, 0.29) is 50.7 Å². The number of rotatable bonds is 2. The fraction of sp³-hybridized carbons (Fsp3) is 0.0714. The fourth-order valence-electron chi connectivity index (χ4n) is 4.12.